The lowest BCUT2D eigenvalue weighted by atomic mass is 10.2. The molecular formula is C14H16N4O4. The summed E-state index contributed by atoms with van der Waals surface area (Å²) in [5.74, 6) is -0.158. The fraction of sp³-hybridized carbons (Fsp3) is 0.286. The summed E-state index contributed by atoms with van der Waals surface area (Å²) in [4.78, 5) is 21.9. The second-order valence-electron chi connectivity index (χ2n) is 4.21. The summed E-state index contributed by atoms with van der Waals surface area (Å²) in [5.41, 5.74) is 0.0143. The number of nitro groups is 1. The second kappa shape index (κ2) is 8.26. The Kier molecular flexibility index (Phi) is 6.37. The number of carbonyl (C=O) groups is 1. The van der Waals surface area contributed by atoms with Crippen LogP contribution in [0, 0.1) is 21.4 Å². The molecule has 1 aromatic carbocycles. The van der Waals surface area contributed by atoms with Crippen LogP contribution in [-0.4, -0.2) is 24.5 Å². The Balaban J connectivity index is 2.99. The zero-order chi connectivity index (χ0) is 16.5. The van der Waals surface area contributed by atoms with Crippen molar-refractivity contribution in [3.63, 3.8) is 0 Å². The van der Waals surface area contributed by atoms with Crippen molar-refractivity contribution >= 4 is 17.3 Å². The van der Waals surface area contributed by atoms with Crippen molar-refractivity contribution in [3.05, 3.63) is 40.1 Å². The summed E-state index contributed by atoms with van der Waals surface area (Å²) in [6.07, 6.45) is 1.93. The van der Waals surface area contributed by atoms with E-state index in [9.17, 15) is 14.9 Å². The van der Waals surface area contributed by atoms with Gasteiger partial charge >= 0.3 is 0 Å². The van der Waals surface area contributed by atoms with Gasteiger partial charge in [0.15, 0.2) is 0 Å². The van der Waals surface area contributed by atoms with Gasteiger partial charge in [0.25, 0.3) is 11.6 Å². The number of amides is 1. The molecule has 0 aliphatic rings. The summed E-state index contributed by atoms with van der Waals surface area (Å²) in [5, 5.41) is 25.0. The van der Waals surface area contributed by atoms with E-state index < -0.39 is 10.8 Å². The first-order chi connectivity index (χ1) is 10.5. The van der Waals surface area contributed by atoms with Crippen LogP contribution in [0.5, 0.6) is 5.75 Å². The molecule has 0 atom stereocenters. The van der Waals surface area contributed by atoms with E-state index in [1.807, 2.05) is 6.92 Å². The summed E-state index contributed by atoms with van der Waals surface area (Å²) in [6.45, 7) is 2.35. The Labute approximate surface area is 127 Å². The molecule has 1 aromatic rings. The predicted molar refractivity (Wildman–Crippen MR) is 80.3 cm³/mol. The third kappa shape index (κ3) is 4.49. The molecule has 0 aliphatic carbocycles. The fourth-order valence-corrected chi connectivity index (χ4v) is 1.55. The van der Waals surface area contributed by atoms with Gasteiger partial charge in [-0.1, -0.05) is 6.92 Å². The minimum Gasteiger partial charge on any atom is -0.495 e. The summed E-state index contributed by atoms with van der Waals surface area (Å²) in [6, 6.07) is 5.75. The molecule has 0 heterocycles. The maximum atomic E-state index is 11.7. The molecule has 0 spiro atoms. The number of rotatable bonds is 7. The highest BCUT2D eigenvalue weighted by Gasteiger charge is 2.12. The highest BCUT2D eigenvalue weighted by atomic mass is 16.6. The lowest BCUT2D eigenvalue weighted by Gasteiger charge is -2.08. The Hall–Kier alpha value is -3.08. The molecule has 0 radical (unpaired) electrons. The molecule has 0 aromatic heterocycles. The number of benzene rings is 1. The number of ether oxygens (including phenoxy) is 1. The first-order valence-electron chi connectivity index (χ1n) is 6.50. The molecule has 0 aliphatic heterocycles. The van der Waals surface area contributed by atoms with Crippen molar-refractivity contribution in [1.29, 1.82) is 5.26 Å². The van der Waals surface area contributed by atoms with Gasteiger partial charge in [0.05, 0.1) is 17.7 Å². The molecular weight excluding hydrogens is 288 g/mol. The van der Waals surface area contributed by atoms with Crippen molar-refractivity contribution < 1.29 is 14.5 Å². The number of anilines is 1. The van der Waals surface area contributed by atoms with Gasteiger partial charge in [0, 0.05) is 24.9 Å². The zero-order valence-corrected chi connectivity index (χ0v) is 12.3. The van der Waals surface area contributed by atoms with E-state index >= 15 is 0 Å². The molecule has 1 amide bonds. The van der Waals surface area contributed by atoms with Gasteiger partial charge in [-0.15, -0.1) is 0 Å². The SMILES string of the molecule is CCCNC(=O)/C(C#N)=C\Nc1cc([N+](=O)[O-])ccc1OC. The largest absolute Gasteiger partial charge is 0.495 e. The van der Waals surface area contributed by atoms with Crippen molar-refractivity contribution in [2.24, 2.45) is 0 Å². The Morgan fingerprint density at radius 2 is 2.27 bits per heavy atom. The number of carbonyl (C=O) groups excluding carboxylic acids is 1. The molecule has 0 saturated carbocycles. The molecule has 0 saturated heterocycles. The maximum absolute atomic E-state index is 11.7. The lowest BCUT2D eigenvalue weighted by molar-refractivity contribution is -0.384. The van der Waals surface area contributed by atoms with E-state index in [-0.39, 0.29) is 16.9 Å². The molecule has 0 unspecified atom stereocenters. The van der Waals surface area contributed by atoms with Crippen molar-refractivity contribution in [1.82, 2.24) is 5.32 Å². The number of nitrogens with zero attached hydrogens (tertiary/aromatic N) is 2. The van der Waals surface area contributed by atoms with Crippen LogP contribution >= 0.6 is 0 Å². The third-order valence-corrected chi connectivity index (χ3v) is 2.67. The van der Waals surface area contributed by atoms with Crippen LogP contribution in [0.25, 0.3) is 0 Å². The zero-order valence-electron chi connectivity index (χ0n) is 12.3. The first kappa shape index (κ1) is 17.0. The van der Waals surface area contributed by atoms with Crippen LogP contribution in [0.4, 0.5) is 11.4 Å². The maximum Gasteiger partial charge on any atom is 0.271 e. The van der Waals surface area contributed by atoms with Crippen LogP contribution in [0.3, 0.4) is 0 Å². The third-order valence-electron chi connectivity index (χ3n) is 2.67. The monoisotopic (exact) mass is 304 g/mol. The molecule has 0 bridgehead atoms. The summed E-state index contributed by atoms with van der Waals surface area (Å²) in [7, 11) is 1.41. The average molecular weight is 304 g/mol. The van der Waals surface area contributed by atoms with E-state index in [0.717, 1.165) is 6.42 Å². The number of nitro benzene ring substituents is 1. The Bertz CT molecular complexity index is 634. The number of nitriles is 1. The number of hydrogen-bond acceptors (Lipinski definition) is 6. The quantitative estimate of drug-likeness (QED) is 0.344. The molecule has 22 heavy (non-hydrogen) atoms. The van der Waals surface area contributed by atoms with Gasteiger partial charge in [-0.25, -0.2) is 0 Å². The molecule has 0 fully saturated rings. The molecule has 2 N–H and O–H groups in total. The van der Waals surface area contributed by atoms with E-state index in [2.05, 4.69) is 10.6 Å². The summed E-state index contributed by atoms with van der Waals surface area (Å²) >= 11 is 0. The van der Waals surface area contributed by atoms with Crippen molar-refractivity contribution in [2.45, 2.75) is 13.3 Å². The standard InChI is InChI=1S/C14H16N4O4/c1-3-6-16-14(19)10(8-15)9-17-12-7-11(18(20)21)4-5-13(12)22-2/h4-5,7,9,17H,3,6H2,1-2H3,(H,16,19)/b10-9-. The highest BCUT2D eigenvalue weighted by molar-refractivity contribution is 5.97. The van der Waals surface area contributed by atoms with Crippen LogP contribution in [-0.2, 0) is 4.79 Å². The number of non-ortho nitro benzene ring substituents is 1. The van der Waals surface area contributed by atoms with Crippen LogP contribution < -0.4 is 15.4 Å². The van der Waals surface area contributed by atoms with E-state index in [1.165, 1.54) is 31.5 Å². The number of nitrogens with one attached hydrogen (secondary N) is 2. The van der Waals surface area contributed by atoms with E-state index in [0.29, 0.717) is 12.3 Å². The van der Waals surface area contributed by atoms with Crippen molar-refractivity contribution in [3.8, 4) is 11.8 Å². The van der Waals surface area contributed by atoms with Crippen molar-refractivity contribution in [2.75, 3.05) is 19.0 Å². The number of hydrogen-bond donors (Lipinski definition) is 2. The highest BCUT2D eigenvalue weighted by Crippen LogP contribution is 2.28. The van der Waals surface area contributed by atoms with Gasteiger partial charge in [-0.2, -0.15) is 5.26 Å². The Morgan fingerprint density at radius 3 is 2.82 bits per heavy atom. The van der Waals surface area contributed by atoms with Gasteiger partial charge in [-0.3, -0.25) is 14.9 Å². The van der Waals surface area contributed by atoms with Gasteiger partial charge in [-0.05, 0) is 12.5 Å². The minimum atomic E-state index is -0.548. The number of methoxy groups -OCH3 is 1. The van der Waals surface area contributed by atoms with E-state index in [1.54, 1.807) is 6.07 Å². The lowest BCUT2D eigenvalue weighted by Crippen LogP contribution is -2.25. The average Bonchev–Trinajstić information content (AvgIpc) is 2.53. The molecule has 116 valence electrons. The van der Waals surface area contributed by atoms with Gasteiger partial charge in [0.1, 0.15) is 17.4 Å². The Morgan fingerprint density at radius 1 is 1.55 bits per heavy atom. The molecule has 1 rings (SSSR count). The smallest absolute Gasteiger partial charge is 0.271 e. The minimum absolute atomic E-state index is 0.134. The van der Waals surface area contributed by atoms with Crippen LogP contribution in [0.15, 0.2) is 30.0 Å². The summed E-state index contributed by atoms with van der Waals surface area (Å²) < 4.78 is 5.07. The van der Waals surface area contributed by atoms with Crippen LogP contribution in [0.2, 0.25) is 0 Å². The predicted octanol–water partition coefficient (Wildman–Crippen LogP) is 1.95. The van der Waals surface area contributed by atoms with Gasteiger partial charge in [0.2, 0.25) is 0 Å². The molecule has 8 nitrogen and oxygen atoms in total. The normalized spacial score (nSPS) is 10.5. The topological polar surface area (TPSA) is 117 Å². The van der Waals surface area contributed by atoms with E-state index in [4.69, 9.17) is 10.00 Å². The first-order valence-corrected chi connectivity index (χ1v) is 6.50. The van der Waals surface area contributed by atoms with Gasteiger partial charge < -0.3 is 15.4 Å². The fourth-order valence-electron chi connectivity index (χ4n) is 1.55. The molecule has 8 heteroatoms. The van der Waals surface area contributed by atoms with Crippen LogP contribution in [0.1, 0.15) is 13.3 Å². The second-order valence-corrected chi connectivity index (χ2v) is 4.21.